The van der Waals surface area contributed by atoms with Crippen LogP contribution in [0.2, 0.25) is 0 Å². The monoisotopic (exact) mass is 471 g/mol. The lowest BCUT2D eigenvalue weighted by atomic mass is 10.2. The number of carbonyl (C=O) groups excluding carboxylic acids is 2. The van der Waals surface area contributed by atoms with Crippen LogP contribution in [0.15, 0.2) is 34.4 Å². The summed E-state index contributed by atoms with van der Waals surface area (Å²) in [5.74, 6) is -1.83. The van der Waals surface area contributed by atoms with E-state index in [1.807, 2.05) is 0 Å². The molecule has 0 atom stereocenters. The van der Waals surface area contributed by atoms with E-state index < -0.39 is 29.5 Å². The molecule has 13 heteroatoms. The van der Waals surface area contributed by atoms with Crippen LogP contribution in [0.4, 0.5) is 18.2 Å². The van der Waals surface area contributed by atoms with Crippen LogP contribution in [0.5, 0.6) is 5.75 Å². The molecule has 2 aromatic heterocycles. The molecule has 0 saturated carbocycles. The van der Waals surface area contributed by atoms with Crippen LogP contribution in [0, 0.1) is 0 Å². The topological polar surface area (TPSA) is 109 Å². The Bertz CT molecular complexity index is 1200. The number of aromatic nitrogens is 2. The Balaban J connectivity index is 2.15. The number of nitrogens with zero attached hydrogens (tertiary/aromatic N) is 2. The number of hydrogen-bond acceptors (Lipinski definition) is 8. The van der Waals surface area contributed by atoms with Crippen molar-refractivity contribution in [2.75, 3.05) is 25.6 Å². The third-order valence-corrected chi connectivity index (χ3v) is 4.86. The normalized spacial score (nSPS) is 11.4. The molecule has 0 unspecified atom stereocenters. The first kappa shape index (κ1) is 23.2. The van der Waals surface area contributed by atoms with Crippen molar-refractivity contribution in [1.29, 1.82) is 0 Å². The number of amides is 1. The summed E-state index contributed by atoms with van der Waals surface area (Å²) in [6.45, 7) is 1.38. The first-order valence-electron chi connectivity index (χ1n) is 9.01. The van der Waals surface area contributed by atoms with Crippen LogP contribution < -0.4 is 15.6 Å². The van der Waals surface area contributed by atoms with E-state index in [0.717, 1.165) is 28.2 Å². The van der Waals surface area contributed by atoms with Crippen LogP contribution in [0.1, 0.15) is 17.4 Å². The van der Waals surface area contributed by atoms with E-state index in [4.69, 9.17) is 9.47 Å². The second-order valence-corrected chi connectivity index (χ2v) is 7.04. The van der Waals surface area contributed by atoms with Crippen molar-refractivity contribution in [1.82, 2.24) is 9.78 Å². The molecule has 3 aromatic rings. The van der Waals surface area contributed by atoms with Gasteiger partial charge in [-0.2, -0.15) is 9.78 Å². The van der Waals surface area contributed by atoms with Crippen LogP contribution in [-0.4, -0.2) is 48.3 Å². The predicted octanol–water partition coefficient (Wildman–Crippen LogP) is 3.11. The van der Waals surface area contributed by atoms with Gasteiger partial charge in [0.25, 0.3) is 11.5 Å². The molecule has 1 N–H and O–H groups in total. The molecule has 1 amide bonds. The number of methoxy groups -OCH3 is 1. The van der Waals surface area contributed by atoms with Crippen molar-refractivity contribution >= 4 is 39.0 Å². The van der Waals surface area contributed by atoms with Crippen molar-refractivity contribution in [3.63, 3.8) is 0 Å². The Morgan fingerprint density at radius 3 is 2.50 bits per heavy atom. The lowest BCUT2D eigenvalue weighted by molar-refractivity contribution is -0.274. The second-order valence-electron chi connectivity index (χ2n) is 6.16. The highest BCUT2D eigenvalue weighted by Crippen LogP contribution is 2.31. The Labute approximate surface area is 182 Å². The highest BCUT2D eigenvalue weighted by atomic mass is 32.1. The van der Waals surface area contributed by atoms with Gasteiger partial charge in [-0.3, -0.25) is 9.59 Å². The number of hydrogen-bond donors (Lipinski definition) is 1. The van der Waals surface area contributed by atoms with E-state index in [1.54, 1.807) is 6.92 Å². The summed E-state index contributed by atoms with van der Waals surface area (Å²) < 4.78 is 51.6. The van der Waals surface area contributed by atoms with Gasteiger partial charge in [0.15, 0.2) is 5.69 Å². The molecular formula is C19H16F3N3O6S. The average Bonchev–Trinajstić information content (AvgIpc) is 3.12. The van der Waals surface area contributed by atoms with Gasteiger partial charge >= 0.3 is 12.3 Å². The van der Waals surface area contributed by atoms with Crippen molar-refractivity contribution < 1.29 is 37.0 Å². The summed E-state index contributed by atoms with van der Waals surface area (Å²) in [4.78, 5) is 37.6. The number of thiophene rings is 1. The number of ether oxygens (including phenoxy) is 3. The molecule has 1 aromatic carbocycles. The highest BCUT2D eigenvalue weighted by Gasteiger charge is 2.31. The van der Waals surface area contributed by atoms with E-state index in [2.05, 4.69) is 15.2 Å². The molecule has 0 radical (unpaired) electrons. The number of benzene rings is 1. The third-order valence-electron chi connectivity index (χ3n) is 3.96. The van der Waals surface area contributed by atoms with Crippen LogP contribution >= 0.6 is 11.3 Å². The predicted molar refractivity (Wildman–Crippen MR) is 108 cm³/mol. The molecule has 0 bridgehead atoms. The van der Waals surface area contributed by atoms with Crippen LogP contribution in [0.25, 0.3) is 16.5 Å². The fourth-order valence-electron chi connectivity index (χ4n) is 2.75. The highest BCUT2D eigenvalue weighted by molar-refractivity contribution is 7.16. The van der Waals surface area contributed by atoms with Crippen molar-refractivity contribution in [2.24, 2.45) is 0 Å². The fourth-order valence-corrected chi connectivity index (χ4v) is 3.70. The first-order valence-corrected chi connectivity index (χ1v) is 9.89. The van der Waals surface area contributed by atoms with E-state index >= 15 is 0 Å². The van der Waals surface area contributed by atoms with E-state index in [9.17, 15) is 27.6 Å². The summed E-state index contributed by atoms with van der Waals surface area (Å²) in [7, 11) is 1.33. The summed E-state index contributed by atoms with van der Waals surface area (Å²) in [5.41, 5.74) is -0.829. The van der Waals surface area contributed by atoms with Gasteiger partial charge in [0.05, 0.1) is 17.7 Å². The molecule has 32 heavy (non-hydrogen) atoms. The number of esters is 1. The fraction of sp³-hybridized carbons (Fsp3) is 0.263. The van der Waals surface area contributed by atoms with Gasteiger partial charge < -0.3 is 19.5 Å². The minimum Gasteiger partial charge on any atom is -0.461 e. The average molecular weight is 471 g/mol. The number of nitrogens with one attached hydrogen (secondary N) is 1. The van der Waals surface area contributed by atoms with Gasteiger partial charge in [-0.15, -0.1) is 24.5 Å². The summed E-state index contributed by atoms with van der Waals surface area (Å²) in [6.07, 6.45) is -4.88. The van der Waals surface area contributed by atoms with Crippen molar-refractivity contribution in [3.05, 3.63) is 45.7 Å². The summed E-state index contributed by atoms with van der Waals surface area (Å²) in [5, 5.41) is 8.39. The van der Waals surface area contributed by atoms with Gasteiger partial charge in [0, 0.05) is 17.9 Å². The number of rotatable bonds is 7. The quantitative estimate of drug-likeness (QED) is 0.528. The molecule has 0 fully saturated rings. The van der Waals surface area contributed by atoms with E-state index in [1.165, 1.54) is 24.6 Å². The van der Waals surface area contributed by atoms with Gasteiger partial charge in [0.2, 0.25) is 0 Å². The van der Waals surface area contributed by atoms with Crippen LogP contribution in [-0.2, 0) is 14.3 Å². The maximum absolute atomic E-state index is 13.2. The molecule has 170 valence electrons. The molecule has 2 heterocycles. The number of alkyl halides is 3. The Kier molecular flexibility index (Phi) is 6.79. The second kappa shape index (κ2) is 9.36. The van der Waals surface area contributed by atoms with Crippen molar-refractivity contribution in [2.45, 2.75) is 13.3 Å². The largest absolute Gasteiger partial charge is 0.573 e. The number of halogens is 3. The lowest BCUT2D eigenvalue weighted by Gasteiger charge is -2.11. The molecule has 3 rings (SSSR count). The third kappa shape index (κ3) is 5.06. The zero-order valence-electron chi connectivity index (χ0n) is 16.7. The zero-order chi connectivity index (χ0) is 23.5. The Morgan fingerprint density at radius 1 is 1.22 bits per heavy atom. The minimum absolute atomic E-state index is 0.00637. The first-order chi connectivity index (χ1) is 15.1. The molecule has 9 nitrogen and oxygen atoms in total. The van der Waals surface area contributed by atoms with Crippen molar-refractivity contribution in [3.8, 4) is 11.4 Å². The minimum atomic E-state index is -4.88. The smallest absolute Gasteiger partial charge is 0.461 e. The maximum Gasteiger partial charge on any atom is 0.573 e. The molecule has 0 saturated heterocycles. The van der Waals surface area contributed by atoms with E-state index in [0.29, 0.717) is 0 Å². The molecular weight excluding hydrogens is 455 g/mol. The summed E-state index contributed by atoms with van der Waals surface area (Å²) >= 11 is 1.000. The van der Waals surface area contributed by atoms with Gasteiger partial charge in [-0.05, 0) is 31.2 Å². The number of fused-ring (bicyclic) bond motifs is 1. The van der Waals surface area contributed by atoms with Gasteiger partial charge in [-0.1, -0.05) is 0 Å². The number of carbonyl (C=O) groups is 2. The maximum atomic E-state index is 13.2. The Morgan fingerprint density at radius 2 is 1.91 bits per heavy atom. The number of anilines is 1. The van der Waals surface area contributed by atoms with Gasteiger partial charge in [0.1, 0.15) is 17.4 Å². The lowest BCUT2D eigenvalue weighted by Crippen LogP contribution is -2.26. The molecule has 0 spiro atoms. The standard InChI is InChI=1S/C19H16F3N3O6S/c1-3-30-18(28)15-12-9-32-16(23-13(26)8-29-2)14(12)17(27)25(24-15)10-4-6-11(7-5-10)31-19(20,21)22/h4-7,9H,3,8H2,1-2H3,(H,23,26). The van der Waals surface area contributed by atoms with Gasteiger partial charge in [-0.25, -0.2) is 4.79 Å². The summed E-state index contributed by atoms with van der Waals surface area (Å²) in [6, 6.07) is 4.34. The SMILES string of the molecule is CCOC(=O)c1nn(-c2ccc(OC(F)(F)F)cc2)c(=O)c2c(NC(=O)COC)scc12. The zero-order valence-corrected chi connectivity index (χ0v) is 17.5. The molecule has 0 aliphatic rings. The Hall–Kier alpha value is -3.45. The molecule has 0 aliphatic carbocycles. The van der Waals surface area contributed by atoms with E-state index in [-0.39, 0.29) is 40.4 Å². The van der Waals surface area contributed by atoms with Crippen LogP contribution in [0.3, 0.4) is 0 Å². The molecule has 0 aliphatic heterocycles.